The summed E-state index contributed by atoms with van der Waals surface area (Å²) in [5.74, 6) is -2.13. The first-order chi connectivity index (χ1) is 7.84. The number of hydrogen-bond acceptors (Lipinski definition) is 5. The molecule has 0 N–H and O–H groups in total. The average Bonchev–Trinajstić information content (AvgIpc) is 2.17. The first-order valence-electron chi connectivity index (χ1n) is 6.00. The van der Waals surface area contributed by atoms with Crippen LogP contribution in [0.25, 0.3) is 0 Å². The molecule has 0 aromatic carbocycles. The topological polar surface area (TPSA) is 55.8 Å². The molecule has 1 fully saturated rings. The summed E-state index contributed by atoms with van der Waals surface area (Å²) < 4.78 is 9.32. The van der Waals surface area contributed by atoms with Gasteiger partial charge in [-0.05, 0) is 19.6 Å². The second-order valence-electron chi connectivity index (χ2n) is 4.14. The zero-order valence-corrected chi connectivity index (χ0v) is 11.4. The van der Waals surface area contributed by atoms with Crippen molar-refractivity contribution >= 4 is 11.9 Å². The van der Waals surface area contributed by atoms with E-state index >= 15 is 0 Å². The lowest BCUT2D eigenvalue weighted by molar-refractivity contribution is -0.231. The highest BCUT2D eigenvalue weighted by molar-refractivity contribution is 5.92. The van der Waals surface area contributed by atoms with Crippen LogP contribution in [0.2, 0.25) is 0 Å². The molecular weight excluding hydrogens is 222 g/mol. The lowest BCUT2D eigenvalue weighted by Gasteiger charge is -2.28. The molecule has 5 nitrogen and oxygen atoms in total. The molecule has 0 amide bonds. The molecule has 100 valence electrons. The van der Waals surface area contributed by atoms with Gasteiger partial charge in [0.2, 0.25) is 0 Å². The minimum Gasteiger partial charge on any atom is -0.423 e. The molecule has 0 aromatic heterocycles. The van der Waals surface area contributed by atoms with Crippen LogP contribution in [0.1, 0.15) is 41.0 Å². The van der Waals surface area contributed by atoms with E-state index in [9.17, 15) is 9.59 Å². The number of cyclic esters (lactones) is 2. The predicted octanol–water partition coefficient (Wildman–Crippen LogP) is 1.56. The summed E-state index contributed by atoms with van der Waals surface area (Å²) in [6, 6.07) is 0. The zero-order valence-electron chi connectivity index (χ0n) is 11.4. The average molecular weight is 245 g/mol. The van der Waals surface area contributed by atoms with Crippen molar-refractivity contribution in [3.63, 3.8) is 0 Å². The molecule has 0 aromatic rings. The Balaban J connectivity index is 0.000000325. The number of esters is 2. The van der Waals surface area contributed by atoms with Gasteiger partial charge < -0.3 is 14.4 Å². The third-order valence-electron chi connectivity index (χ3n) is 2.35. The molecular formula is C12H23NO4. The Kier molecular flexibility index (Phi) is 6.80. The highest BCUT2D eigenvalue weighted by atomic mass is 16.7. The van der Waals surface area contributed by atoms with Crippen molar-refractivity contribution in [3.05, 3.63) is 0 Å². The van der Waals surface area contributed by atoms with Gasteiger partial charge in [-0.3, -0.25) is 9.59 Å². The number of carbonyl (C=O) groups is 2. The number of nitrogens with zero attached hydrogens (tertiary/aromatic N) is 1. The molecule has 0 bridgehead atoms. The van der Waals surface area contributed by atoms with Gasteiger partial charge in [0.1, 0.15) is 6.42 Å². The second kappa shape index (κ2) is 7.27. The number of hydrogen-bond donors (Lipinski definition) is 0. The Morgan fingerprint density at radius 1 is 1.00 bits per heavy atom. The van der Waals surface area contributed by atoms with Crippen LogP contribution in [-0.2, 0) is 19.1 Å². The van der Waals surface area contributed by atoms with E-state index in [1.165, 1.54) is 33.5 Å². The number of ether oxygens (including phenoxy) is 2. The van der Waals surface area contributed by atoms with E-state index in [2.05, 4.69) is 35.1 Å². The lowest BCUT2D eigenvalue weighted by Crippen LogP contribution is -2.39. The van der Waals surface area contributed by atoms with Gasteiger partial charge in [-0.1, -0.05) is 20.8 Å². The highest BCUT2D eigenvalue weighted by Crippen LogP contribution is 2.18. The van der Waals surface area contributed by atoms with Crippen LogP contribution >= 0.6 is 0 Å². The first-order valence-corrected chi connectivity index (χ1v) is 6.00. The van der Waals surface area contributed by atoms with Gasteiger partial charge in [-0.15, -0.1) is 0 Å². The Bertz CT molecular complexity index is 236. The van der Waals surface area contributed by atoms with E-state index < -0.39 is 17.7 Å². The van der Waals surface area contributed by atoms with E-state index in [1.807, 2.05) is 0 Å². The van der Waals surface area contributed by atoms with Gasteiger partial charge in [0.05, 0.1) is 0 Å². The van der Waals surface area contributed by atoms with Gasteiger partial charge in [-0.25, -0.2) is 0 Å². The van der Waals surface area contributed by atoms with Crippen LogP contribution in [0.5, 0.6) is 0 Å². The van der Waals surface area contributed by atoms with Gasteiger partial charge >= 0.3 is 11.9 Å². The maximum Gasteiger partial charge on any atom is 0.320 e. The van der Waals surface area contributed by atoms with Crippen molar-refractivity contribution in [1.29, 1.82) is 0 Å². The molecule has 1 aliphatic heterocycles. The van der Waals surface area contributed by atoms with Gasteiger partial charge in [0.15, 0.2) is 0 Å². The normalized spacial score (nSPS) is 18.0. The molecule has 1 saturated heterocycles. The zero-order chi connectivity index (χ0) is 13.5. The summed E-state index contributed by atoms with van der Waals surface area (Å²) in [6.07, 6.45) is -0.274. The Labute approximate surface area is 103 Å². The highest BCUT2D eigenvalue weighted by Gasteiger charge is 2.34. The minimum atomic E-state index is -1.08. The number of carbonyl (C=O) groups excluding carboxylic acids is 2. The molecule has 17 heavy (non-hydrogen) atoms. The SMILES string of the molecule is CC1(C)OC(=O)CC(=O)O1.CCN(CC)CC. The van der Waals surface area contributed by atoms with Crippen LogP contribution in [0, 0.1) is 0 Å². The van der Waals surface area contributed by atoms with Crippen molar-refractivity contribution < 1.29 is 19.1 Å². The predicted molar refractivity (Wildman–Crippen MR) is 64.3 cm³/mol. The van der Waals surface area contributed by atoms with Crippen molar-refractivity contribution in [3.8, 4) is 0 Å². The van der Waals surface area contributed by atoms with Crippen LogP contribution in [0.4, 0.5) is 0 Å². The van der Waals surface area contributed by atoms with Gasteiger partial charge in [-0.2, -0.15) is 0 Å². The molecule has 1 aliphatic rings. The fourth-order valence-corrected chi connectivity index (χ4v) is 1.43. The fraction of sp³-hybridized carbons (Fsp3) is 0.833. The Morgan fingerprint density at radius 3 is 1.53 bits per heavy atom. The quantitative estimate of drug-likeness (QED) is 0.558. The van der Waals surface area contributed by atoms with Gasteiger partial charge in [0, 0.05) is 13.8 Å². The largest absolute Gasteiger partial charge is 0.423 e. The molecule has 0 radical (unpaired) electrons. The Morgan fingerprint density at radius 2 is 1.35 bits per heavy atom. The van der Waals surface area contributed by atoms with Crippen molar-refractivity contribution in [2.45, 2.75) is 46.8 Å². The summed E-state index contributed by atoms with van der Waals surface area (Å²) in [5, 5.41) is 0. The van der Waals surface area contributed by atoms with E-state index in [0.717, 1.165) is 0 Å². The van der Waals surface area contributed by atoms with Gasteiger partial charge in [0.25, 0.3) is 5.79 Å². The van der Waals surface area contributed by atoms with Crippen molar-refractivity contribution in [2.75, 3.05) is 19.6 Å². The smallest absolute Gasteiger partial charge is 0.320 e. The van der Waals surface area contributed by atoms with E-state index in [1.54, 1.807) is 0 Å². The van der Waals surface area contributed by atoms with E-state index in [-0.39, 0.29) is 6.42 Å². The number of rotatable bonds is 3. The lowest BCUT2D eigenvalue weighted by atomic mass is 10.3. The van der Waals surface area contributed by atoms with Crippen molar-refractivity contribution in [2.24, 2.45) is 0 Å². The van der Waals surface area contributed by atoms with Crippen LogP contribution < -0.4 is 0 Å². The van der Waals surface area contributed by atoms with E-state index in [4.69, 9.17) is 0 Å². The molecule has 1 heterocycles. The standard InChI is InChI=1S/C6H15N.C6H8O4/c1-4-7(5-2)6-3;1-6(2)9-4(7)3-5(8)10-6/h4-6H2,1-3H3;3H2,1-2H3. The van der Waals surface area contributed by atoms with Crippen LogP contribution in [0.3, 0.4) is 0 Å². The Hall–Kier alpha value is -1.10. The second-order valence-corrected chi connectivity index (χ2v) is 4.14. The summed E-state index contributed by atoms with van der Waals surface area (Å²) in [6.45, 7) is 13.2. The summed E-state index contributed by atoms with van der Waals surface area (Å²) in [4.78, 5) is 23.5. The maximum atomic E-state index is 10.6. The third-order valence-corrected chi connectivity index (χ3v) is 2.35. The minimum absolute atomic E-state index is 0.274. The molecule has 0 spiro atoms. The molecule has 1 rings (SSSR count). The monoisotopic (exact) mass is 245 g/mol. The maximum absolute atomic E-state index is 10.6. The molecule has 0 atom stereocenters. The summed E-state index contributed by atoms with van der Waals surface area (Å²) >= 11 is 0. The summed E-state index contributed by atoms with van der Waals surface area (Å²) in [7, 11) is 0. The summed E-state index contributed by atoms with van der Waals surface area (Å²) in [5.41, 5.74) is 0. The van der Waals surface area contributed by atoms with E-state index in [0.29, 0.717) is 0 Å². The third kappa shape index (κ3) is 6.94. The first kappa shape index (κ1) is 15.9. The molecule has 0 aliphatic carbocycles. The molecule has 0 saturated carbocycles. The van der Waals surface area contributed by atoms with Crippen molar-refractivity contribution in [1.82, 2.24) is 4.90 Å². The molecule has 5 heteroatoms. The van der Waals surface area contributed by atoms with Crippen LogP contribution in [0.15, 0.2) is 0 Å². The fourth-order valence-electron chi connectivity index (χ4n) is 1.43. The molecule has 0 unspecified atom stereocenters. The van der Waals surface area contributed by atoms with Crippen LogP contribution in [-0.4, -0.2) is 42.3 Å².